The number of H-pyrrole nitrogens is 1. The Labute approximate surface area is 103 Å². The van der Waals surface area contributed by atoms with Crippen LogP contribution in [0.2, 0.25) is 5.02 Å². The van der Waals surface area contributed by atoms with Crippen LogP contribution in [0, 0.1) is 10.1 Å². The summed E-state index contributed by atoms with van der Waals surface area (Å²) in [5, 5.41) is 14.2. The van der Waals surface area contributed by atoms with E-state index in [0.717, 1.165) is 5.69 Å². The Morgan fingerprint density at radius 1 is 1.41 bits per heavy atom. The van der Waals surface area contributed by atoms with Crippen molar-refractivity contribution in [3.05, 3.63) is 57.4 Å². The summed E-state index contributed by atoms with van der Waals surface area (Å²) < 4.78 is 0. The normalized spacial score (nSPS) is 10.2. The summed E-state index contributed by atoms with van der Waals surface area (Å²) in [5.41, 5.74) is 1.38. The fourth-order valence-corrected chi connectivity index (χ4v) is 1.64. The number of anilines is 1. The Hall–Kier alpha value is -2.01. The van der Waals surface area contributed by atoms with Crippen LogP contribution in [0.1, 0.15) is 5.69 Å². The zero-order valence-corrected chi connectivity index (χ0v) is 9.57. The highest BCUT2D eigenvalue weighted by atomic mass is 35.5. The number of benzene rings is 1. The van der Waals surface area contributed by atoms with Crippen molar-refractivity contribution in [2.45, 2.75) is 6.54 Å². The fourth-order valence-electron chi connectivity index (χ4n) is 1.47. The molecule has 2 aromatic rings. The Morgan fingerprint density at radius 3 is 2.88 bits per heavy atom. The molecule has 0 unspecified atom stereocenters. The van der Waals surface area contributed by atoms with Crippen LogP contribution in [0.3, 0.4) is 0 Å². The highest BCUT2D eigenvalue weighted by molar-refractivity contribution is 6.30. The van der Waals surface area contributed by atoms with E-state index in [9.17, 15) is 10.1 Å². The number of nitro groups is 1. The molecule has 5 nitrogen and oxygen atoms in total. The molecule has 0 bridgehead atoms. The Balaban J connectivity index is 2.17. The third-order valence-corrected chi connectivity index (χ3v) is 2.52. The Morgan fingerprint density at radius 2 is 2.24 bits per heavy atom. The van der Waals surface area contributed by atoms with Crippen LogP contribution in [-0.4, -0.2) is 9.91 Å². The topological polar surface area (TPSA) is 71.0 Å². The van der Waals surface area contributed by atoms with Crippen LogP contribution in [-0.2, 0) is 6.54 Å². The Bertz CT molecular complexity index is 526. The van der Waals surface area contributed by atoms with Gasteiger partial charge in [-0.1, -0.05) is 11.6 Å². The van der Waals surface area contributed by atoms with Crippen molar-refractivity contribution < 1.29 is 4.92 Å². The van der Waals surface area contributed by atoms with Gasteiger partial charge in [0.15, 0.2) is 0 Å². The SMILES string of the molecule is O=[N+]([O-])c1cc(Cl)ccc1NCc1ccc[nH]1. The number of aromatic amines is 1. The highest BCUT2D eigenvalue weighted by Gasteiger charge is 2.13. The minimum absolute atomic E-state index is 0.0240. The number of nitro benzene ring substituents is 1. The summed E-state index contributed by atoms with van der Waals surface area (Å²) in [6.07, 6.45) is 1.80. The molecule has 0 saturated carbocycles. The van der Waals surface area contributed by atoms with Gasteiger partial charge >= 0.3 is 0 Å². The van der Waals surface area contributed by atoms with Crippen LogP contribution in [0.5, 0.6) is 0 Å². The van der Waals surface area contributed by atoms with Crippen LogP contribution < -0.4 is 5.32 Å². The first-order valence-corrected chi connectivity index (χ1v) is 5.34. The minimum Gasteiger partial charge on any atom is -0.374 e. The van der Waals surface area contributed by atoms with Gasteiger partial charge in [-0.15, -0.1) is 0 Å². The van der Waals surface area contributed by atoms with E-state index in [-0.39, 0.29) is 5.69 Å². The number of rotatable bonds is 4. The van der Waals surface area contributed by atoms with E-state index in [1.54, 1.807) is 18.3 Å². The fraction of sp³-hybridized carbons (Fsp3) is 0.0909. The van der Waals surface area contributed by atoms with Gasteiger partial charge in [-0.05, 0) is 24.3 Å². The maximum atomic E-state index is 10.8. The molecule has 0 aliphatic heterocycles. The predicted octanol–water partition coefficient (Wildman–Crippen LogP) is 3.19. The van der Waals surface area contributed by atoms with Crippen LogP contribution in [0.4, 0.5) is 11.4 Å². The molecule has 6 heteroatoms. The lowest BCUT2D eigenvalue weighted by Crippen LogP contribution is -2.02. The second-order valence-electron chi connectivity index (χ2n) is 3.47. The summed E-state index contributed by atoms with van der Waals surface area (Å²) in [6, 6.07) is 8.32. The van der Waals surface area contributed by atoms with Crippen molar-refractivity contribution in [3.8, 4) is 0 Å². The molecule has 0 amide bonds. The largest absolute Gasteiger partial charge is 0.374 e. The summed E-state index contributed by atoms with van der Waals surface area (Å²) in [4.78, 5) is 13.4. The van der Waals surface area contributed by atoms with E-state index in [2.05, 4.69) is 10.3 Å². The van der Waals surface area contributed by atoms with E-state index in [1.807, 2.05) is 12.1 Å². The molecule has 1 aromatic carbocycles. The maximum Gasteiger partial charge on any atom is 0.293 e. The van der Waals surface area contributed by atoms with Crippen molar-refractivity contribution >= 4 is 23.0 Å². The van der Waals surface area contributed by atoms with Crippen LogP contribution in [0.15, 0.2) is 36.5 Å². The quantitative estimate of drug-likeness (QED) is 0.648. The standard InChI is InChI=1S/C11H10ClN3O2/c12-8-3-4-10(11(6-8)15(16)17)14-7-9-2-1-5-13-9/h1-6,13-14H,7H2. The van der Waals surface area contributed by atoms with Crippen molar-refractivity contribution in [1.29, 1.82) is 0 Å². The number of nitrogens with one attached hydrogen (secondary N) is 2. The summed E-state index contributed by atoms with van der Waals surface area (Å²) in [5.74, 6) is 0. The van der Waals surface area contributed by atoms with E-state index in [4.69, 9.17) is 11.6 Å². The van der Waals surface area contributed by atoms with Gasteiger partial charge in [0, 0.05) is 23.0 Å². The van der Waals surface area contributed by atoms with Gasteiger partial charge in [-0.25, -0.2) is 0 Å². The lowest BCUT2D eigenvalue weighted by molar-refractivity contribution is -0.383. The molecule has 88 valence electrons. The molecule has 0 spiro atoms. The predicted molar refractivity (Wildman–Crippen MR) is 66.2 cm³/mol. The van der Waals surface area contributed by atoms with Crippen molar-refractivity contribution in [3.63, 3.8) is 0 Å². The monoisotopic (exact) mass is 251 g/mol. The van der Waals surface area contributed by atoms with E-state index >= 15 is 0 Å². The molecule has 0 atom stereocenters. The second kappa shape index (κ2) is 4.88. The van der Waals surface area contributed by atoms with Crippen molar-refractivity contribution in [2.75, 3.05) is 5.32 Å². The third-order valence-electron chi connectivity index (χ3n) is 2.29. The molecule has 2 N–H and O–H groups in total. The van der Waals surface area contributed by atoms with Gasteiger partial charge in [0.2, 0.25) is 0 Å². The van der Waals surface area contributed by atoms with Crippen molar-refractivity contribution in [2.24, 2.45) is 0 Å². The number of aromatic nitrogens is 1. The molecular weight excluding hydrogens is 242 g/mol. The highest BCUT2D eigenvalue weighted by Crippen LogP contribution is 2.27. The molecule has 0 aliphatic rings. The number of nitrogens with zero attached hydrogens (tertiary/aromatic N) is 1. The van der Waals surface area contributed by atoms with E-state index in [1.165, 1.54) is 6.07 Å². The molecule has 0 aliphatic carbocycles. The molecule has 0 radical (unpaired) electrons. The average Bonchev–Trinajstić information content (AvgIpc) is 2.80. The first-order valence-electron chi connectivity index (χ1n) is 4.97. The lowest BCUT2D eigenvalue weighted by Gasteiger charge is -2.06. The van der Waals surface area contributed by atoms with E-state index in [0.29, 0.717) is 17.3 Å². The molecular formula is C11H10ClN3O2. The maximum absolute atomic E-state index is 10.8. The summed E-state index contributed by atoms with van der Waals surface area (Å²) in [6.45, 7) is 0.496. The first-order chi connectivity index (χ1) is 8.16. The van der Waals surface area contributed by atoms with Crippen molar-refractivity contribution in [1.82, 2.24) is 4.98 Å². The average molecular weight is 252 g/mol. The van der Waals surface area contributed by atoms with Gasteiger partial charge in [0.05, 0.1) is 11.5 Å². The first kappa shape index (κ1) is 11.5. The second-order valence-corrected chi connectivity index (χ2v) is 3.90. The van der Waals surface area contributed by atoms with Gasteiger partial charge in [-0.3, -0.25) is 10.1 Å². The molecule has 0 fully saturated rings. The minimum atomic E-state index is -0.455. The zero-order valence-electron chi connectivity index (χ0n) is 8.81. The molecule has 2 rings (SSSR count). The van der Waals surface area contributed by atoms with Gasteiger partial charge in [0.1, 0.15) is 5.69 Å². The number of hydrogen-bond acceptors (Lipinski definition) is 3. The smallest absolute Gasteiger partial charge is 0.293 e. The molecule has 17 heavy (non-hydrogen) atoms. The number of hydrogen-bond donors (Lipinski definition) is 2. The lowest BCUT2D eigenvalue weighted by atomic mass is 10.2. The summed E-state index contributed by atoms with van der Waals surface area (Å²) in [7, 11) is 0. The number of halogens is 1. The summed E-state index contributed by atoms with van der Waals surface area (Å²) >= 11 is 5.72. The van der Waals surface area contributed by atoms with Gasteiger partial charge in [0.25, 0.3) is 5.69 Å². The van der Waals surface area contributed by atoms with Crippen LogP contribution in [0.25, 0.3) is 0 Å². The molecule has 0 saturated heterocycles. The molecule has 1 aromatic heterocycles. The zero-order chi connectivity index (χ0) is 12.3. The van der Waals surface area contributed by atoms with E-state index < -0.39 is 4.92 Å². The Kier molecular flexibility index (Phi) is 3.30. The third kappa shape index (κ3) is 2.76. The van der Waals surface area contributed by atoms with Gasteiger partial charge in [-0.2, -0.15) is 0 Å². The van der Waals surface area contributed by atoms with Crippen LogP contribution >= 0.6 is 11.6 Å². The molecule has 1 heterocycles. The van der Waals surface area contributed by atoms with Gasteiger partial charge < -0.3 is 10.3 Å².